The number of halogens is 1. The molecule has 1 aromatic rings. The fourth-order valence-corrected chi connectivity index (χ4v) is 2.65. The van der Waals surface area contributed by atoms with Gasteiger partial charge in [0.25, 0.3) is 0 Å². The predicted octanol–water partition coefficient (Wildman–Crippen LogP) is 2.83. The zero-order chi connectivity index (χ0) is 15.5. The molecule has 0 spiro atoms. The molecule has 0 amide bonds. The second kappa shape index (κ2) is 6.93. The lowest BCUT2D eigenvalue weighted by Crippen LogP contribution is -2.47. The number of aromatic nitrogens is 2. The SMILES string of the molecule is Cc1cc(N2CCN(CCCCl)CC2)nc(C(C)(C)C)n1. The Balaban J connectivity index is 2.05. The second-order valence-electron chi connectivity index (χ2n) is 6.81. The van der Waals surface area contributed by atoms with Gasteiger partial charge in [-0.1, -0.05) is 20.8 Å². The lowest BCUT2D eigenvalue weighted by molar-refractivity contribution is 0.258. The molecular weight excluding hydrogens is 284 g/mol. The van der Waals surface area contributed by atoms with Crippen molar-refractivity contribution in [3.05, 3.63) is 17.6 Å². The molecule has 2 rings (SSSR count). The molecule has 1 aliphatic heterocycles. The van der Waals surface area contributed by atoms with Crippen LogP contribution in [0.2, 0.25) is 0 Å². The van der Waals surface area contributed by atoms with Crippen LogP contribution in [-0.2, 0) is 5.41 Å². The highest BCUT2D eigenvalue weighted by Crippen LogP contribution is 2.22. The standard InChI is InChI=1S/C16H27ClN4/c1-13-12-14(19-15(18-13)16(2,3)4)21-10-8-20(9-11-21)7-5-6-17/h12H,5-11H2,1-4H3. The zero-order valence-corrected chi connectivity index (χ0v) is 14.4. The number of hydrogen-bond donors (Lipinski definition) is 0. The maximum Gasteiger partial charge on any atom is 0.136 e. The molecule has 0 atom stereocenters. The van der Waals surface area contributed by atoms with E-state index in [2.05, 4.69) is 48.5 Å². The largest absolute Gasteiger partial charge is 0.354 e. The van der Waals surface area contributed by atoms with Crippen LogP contribution < -0.4 is 4.90 Å². The number of aryl methyl sites for hydroxylation is 1. The minimum atomic E-state index is -0.0110. The first-order valence-electron chi connectivity index (χ1n) is 7.79. The minimum Gasteiger partial charge on any atom is -0.354 e. The molecule has 1 aromatic heterocycles. The average molecular weight is 311 g/mol. The Kier molecular flexibility index (Phi) is 5.44. The number of hydrogen-bond acceptors (Lipinski definition) is 4. The van der Waals surface area contributed by atoms with E-state index in [-0.39, 0.29) is 5.41 Å². The van der Waals surface area contributed by atoms with Crippen molar-refractivity contribution >= 4 is 17.4 Å². The first kappa shape index (κ1) is 16.5. The van der Waals surface area contributed by atoms with Crippen molar-refractivity contribution in [1.82, 2.24) is 14.9 Å². The van der Waals surface area contributed by atoms with Crippen molar-refractivity contribution < 1.29 is 0 Å². The maximum atomic E-state index is 5.77. The lowest BCUT2D eigenvalue weighted by Gasteiger charge is -2.35. The summed E-state index contributed by atoms with van der Waals surface area (Å²) < 4.78 is 0. The van der Waals surface area contributed by atoms with Crippen molar-refractivity contribution in [2.75, 3.05) is 43.5 Å². The molecule has 2 heterocycles. The van der Waals surface area contributed by atoms with E-state index in [1.807, 2.05) is 0 Å². The van der Waals surface area contributed by atoms with Crippen molar-refractivity contribution in [2.45, 2.75) is 39.5 Å². The van der Waals surface area contributed by atoms with Gasteiger partial charge in [0.05, 0.1) is 0 Å². The van der Waals surface area contributed by atoms with E-state index in [1.165, 1.54) is 0 Å². The topological polar surface area (TPSA) is 32.3 Å². The van der Waals surface area contributed by atoms with Crippen LogP contribution in [0.3, 0.4) is 0 Å². The molecule has 0 aliphatic carbocycles. The third kappa shape index (κ3) is 4.55. The van der Waals surface area contributed by atoms with Crippen molar-refractivity contribution in [1.29, 1.82) is 0 Å². The van der Waals surface area contributed by atoms with Crippen LogP contribution in [0.25, 0.3) is 0 Å². The Morgan fingerprint density at radius 3 is 2.38 bits per heavy atom. The Morgan fingerprint density at radius 2 is 1.81 bits per heavy atom. The van der Waals surface area contributed by atoms with Gasteiger partial charge in [-0.15, -0.1) is 11.6 Å². The van der Waals surface area contributed by atoms with Gasteiger partial charge < -0.3 is 4.90 Å². The summed E-state index contributed by atoms with van der Waals surface area (Å²) >= 11 is 5.77. The first-order chi connectivity index (χ1) is 9.90. The molecule has 1 aliphatic rings. The summed E-state index contributed by atoms with van der Waals surface area (Å²) in [4.78, 5) is 14.2. The van der Waals surface area contributed by atoms with E-state index >= 15 is 0 Å². The molecule has 0 unspecified atom stereocenters. The highest BCUT2D eigenvalue weighted by Gasteiger charge is 2.22. The van der Waals surface area contributed by atoms with Gasteiger partial charge in [-0.3, -0.25) is 4.90 Å². The summed E-state index contributed by atoms with van der Waals surface area (Å²) in [6.45, 7) is 13.9. The monoisotopic (exact) mass is 310 g/mol. The van der Waals surface area contributed by atoms with Crippen LogP contribution >= 0.6 is 11.6 Å². The van der Waals surface area contributed by atoms with E-state index in [1.54, 1.807) is 0 Å². The van der Waals surface area contributed by atoms with E-state index in [0.717, 1.165) is 62.4 Å². The van der Waals surface area contributed by atoms with Gasteiger partial charge in [0, 0.05) is 49.2 Å². The van der Waals surface area contributed by atoms with Gasteiger partial charge >= 0.3 is 0 Å². The third-order valence-electron chi connectivity index (χ3n) is 3.82. The van der Waals surface area contributed by atoms with E-state index < -0.39 is 0 Å². The molecule has 21 heavy (non-hydrogen) atoms. The van der Waals surface area contributed by atoms with Crippen molar-refractivity contribution in [3.63, 3.8) is 0 Å². The number of rotatable bonds is 4. The molecule has 0 bridgehead atoms. The fourth-order valence-electron chi connectivity index (χ4n) is 2.53. The Hall–Kier alpha value is -0.870. The van der Waals surface area contributed by atoms with Crippen LogP contribution in [0.15, 0.2) is 6.07 Å². The molecule has 118 valence electrons. The van der Waals surface area contributed by atoms with Gasteiger partial charge in [-0.2, -0.15) is 0 Å². The predicted molar refractivity (Wildman–Crippen MR) is 89.5 cm³/mol. The molecule has 1 fully saturated rings. The lowest BCUT2D eigenvalue weighted by atomic mass is 9.95. The van der Waals surface area contributed by atoms with Crippen LogP contribution in [-0.4, -0.2) is 53.5 Å². The molecular formula is C16H27ClN4. The quantitative estimate of drug-likeness (QED) is 0.801. The Bertz CT molecular complexity index is 462. The van der Waals surface area contributed by atoms with Crippen LogP contribution in [0.5, 0.6) is 0 Å². The van der Waals surface area contributed by atoms with E-state index in [4.69, 9.17) is 16.6 Å². The summed E-state index contributed by atoms with van der Waals surface area (Å²) in [6.07, 6.45) is 1.07. The maximum absolute atomic E-state index is 5.77. The van der Waals surface area contributed by atoms with Gasteiger partial charge in [0.15, 0.2) is 0 Å². The second-order valence-corrected chi connectivity index (χ2v) is 7.19. The van der Waals surface area contributed by atoms with Crippen LogP contribution in [0.1, 0.15) is 38.7 Å². The Labute approximate surface area is 133 Å². The fraction of sp³-hybridized carbons (Fsp3) is 0.750. The van der Waals surface area contributed by atoms with Crippen molar-refractivity contribution in [3.8, 4) is 0 Å². The molecule has 5 heteroatoms. The van der Waals surface area contributed by atoms with Crippen LogP contribution in [0.4, 0.5) is 5.82 Å². The van der Waals surface area contributed by atoms with Gasteiger partial charge in [-0.25, -0.2) is 9.97 Å². The summed E-state index contributed by atoms with van der Waals surface area (Å²) in [5, 5.41) is 0. The van der Waals surface area contributed by atoms with E-state index in [0.29, 0.717) is 0 Å². The van der Waals surface area contributed by atoms with Crippen LogP contribution in [0, 0.1) is 6.92 Å². The summed E-state index contributed by atoms with van der Waals surface area (Å²) in [7, 11) is 0. The summed E-state index contributed by atoms with van der Waals surface area (Å²) in [5.41, 5.74) is 1.04. The zero-order valence-electron chi connectivity index (χ0n) is 13.7. The smallest absolute Gasteiger partial charge is 0.136 e. The molecule has 4 nitrogen and oxygen atoms in total. The molecule has 0 aromatic carbocycles. The number of anilines is 1. The third-order valence-corrected chi connectivity index (χ3v) is 4.08. The number of nitrogens with zero attached hydrogens (tertiary/aromatic N) is 4. The normalized spacial score (nSPS) is 17.3. The molecule has 0 N–H and O–H groups in total. The average Bonchev–Trinajstić information content (AvgIpc) is 2.44. The molecule has 1 saturated heterocycles. The van der Waals surface area contributed by atoms with E-state index in [9.17, 15) is 0 Å². The van der Waals surface area contributed by atoms with Gasteiger partial charge in [0.2, 0.25) is 0 Å². The minimum absolute atomic E-state index is 0.0110. The van der Waals surface area contributed by atoms with Gasteiger partial charge in [0.1, 0.15) is 11.6 Å². The number of alkyl halides is 1. The van der Waals surface area contributed by atoms with Crippen molar-refractivity contribution in [2.24, 2.45) is 0 Å². The molecule has 0 saturated carbocycles. The first-order valence-corrected chi connectivity index (χ1v) is 8.33. The highest BCUT2D eigenvalue weighted by molar-refractivity contribution is 6.17. The summed E-state index contributed by atoms with van der Waals surface area (Å²) in [6, 6.07) is 2.10. The molecule has 0 radical (unpaired) electrons. The van der Waals surface area contributed by atoms with Gasteiger partial charge in [-0.05, 0) is 19.9 Å². The summed E-state index contributed by atoms with van der Waals surface area (Å²) in [5.74, 6) is 2.76. The highest BCUT2D eigenvalue weighted by atomic mass is 35.5. The number of piperazine rings is 1. The Morgan fingerprint density at radius 1 is 1.14 bits per heavy atom.